The first-order valence-electron chi connectivity index (χ1n) is 4.13. The summed E-state index contributed by atoms with van der Waals surface area (Å²) in [4.78, 5) is 10.5. The highest BCUT2D eigenvalue weighted by Gasteiger charge is 2.19. The van der Waals surface area contributed by atoms with E-state index >= 15 is 0 Å². The van der Waals surface area contributed by atoms with Crippen LogP contribution in [0.3, 0.4) is 0 Å². The second kappa shape index (κ2) is 3.91. The number of carbonyl (C=O) groups excluding carboxylic acids is 1. The van der Waals surface area contributed by atoms with E-state index in [2.05, 4.69) is 6.92 Å². The molecule has 0 aromatic rings. The van der Waals surface area contributed by atoms with Gasteiger partial charge in [-0.15, -0.1) is 0 Å². The Morgan fingerprint density at radius 2 is 2.45 bits per heavy atom. The van der Waals surface area contributed by atoms with Crippen molar-refractivity contribution >= 4 is 17.9 Å². The first-order chi connectivity index (χ1) is 5.29. The van der Waals surface area contributed by atoms with Gasteiger partial charge >= 0.3 is 0 Å². The Morgan fingerprint density at radius 3 is 3.00 bits per heavy atom. The zero-order valence-electron chi connectivity index (χ0n) is 6.77. The molecule has 2 heteroatoms. The summed E-state index contributed by atoms with van der Waals surface area (Å²) in [6, 6.07) is 0. The minimum atomic E-state index is 0.450. The molecule has 0 saturated heterocycles. The monoisotopic (exact) mass is 172 g/mol. The third-order valence-corrected chi connectivity index (χ3v) is 2.85. The molecule has 0 aromatic heterocycles. The van der Waals surface area contributed by atoms with Gasteiger partial charge in [0.15, 0.2) is 0 Å². The summed E-state index contributed by atoms with van der Waals surface area (Å²) in [6.07, 6.45) is 5.09. The van der Waals surface area contributed by atoms with Crippen LogP contribution in [0.2, 0.25) is 0 Å². The van der Waals surface area contributed by atoms with Gasteiger partial charge in [0.2, 0.25) is 0 Å². The Morgan fingerprint density at radius 1 is 1.73 bits per heavy atom. The molecular weight excluding hydrogens is 160 g/mol. The van der Waals surface area contributed by atoms with Crippen LogP contribution in [0.1, 0.15) is 32.6 Å². The summed E-state index contributed by atoms with van der Waals surface area (Å²) in [5.41, 5.74) is 0.824. The van der Waals surface area contributed by atoms with E-state index in [1.807, 2.05) is 0 Å². The van der Waals surface area contributed by atoms with Gasteiger partial charge in [0.25, 0.3) is 0 Å². The molecule has 0 fully saturated rings. The highest BCUT2D eigenvalue weighted by Crippen LogP contribution is 2.33. The molecule has 11 heavy (non-hydrogen) atoms. The second-order valence-corrected chi connectivity index (χ2v) is 3.40. The maximum atomic E-state index is 10.5. The molecule has 1 aliphatic carbocycles. The predicted molar refractivity (Wildman–Crippen MR) is 46.6 cm³/mol. The van der Waals surface area contributed by atoms with Crippen LogP contribution in [0.5, 0.6) is 0 Å². The number of hydrogen-bond donors (Lipinski definition) is 0. The Balaban J connectivity index is 2.79. The third-order valence-electron chi connectivity index (χ3n) is 2.30. The van der Waals surface area contributed by atoms with Crippen molar-refractivity contribution in [2.75, 3.05) is 0 Å². The van der Waals surface area contributed by atoms with Crippen molar-refractivity contribution in [1.82, 2.24) is 0 Å². The fourth-order valence-electron chi connectivity index (χ4n) is 1.55. The van der Waals surface area contributed by atoms with Gasteiger partial charge in [0.1, 0.15) is 6.29 Å². The van der Waals surface area contributed by atoms with Gasteiger partial charge in [0, 0.05) is 10.6 Å². The molecule has 62 valence electrons. The van der Waals surface area contributed by atoms with Crippen LogP contribution in [0.25, 0.3) is 0 Å². The lowest BCUT2D eigenvalue weighted by Crippen LogP contribution is -2.08. The molecule has 0 amide bonds. The van der Waals surface area contributed by atoms with E-state index in [4.69, 9.17) is 11.6 Å². The molecule has 0 N–H and O–H groups in total. The summed E-state index contributed by atoms with van der Waals surface area (Å²) in [5.74, 6) is 0.450. The van der Waals surface area contributed by atoms with Crippen LogP contribution in [0, 0.1) is 5.92 Å². The van der Waals surface area contributed by atoms with Gasteiger partial charge in [0.05, 0.1) is 0 Å². The highest BCUT2D eigenvalue weighted by atomic mass is 35.5. The van der Waals surface area contributed by atoms with Crippen molar-refractivity contribution in [2.24, 2.45) is 5.92 Å². The number of rotatable bonds is 2. The Bertz CT molecular complexity index is 184. The Labute approximate surface area is 72.4 Å². The molecular formula is C9H13ClO. The molecule has 1 unspecified atom stereocenters. The van der Waals surface area contributed by atoms with Crippen LogP contribution in [-0.2, 0) is 4.79 Å². The van der Waals surface area contributed by atoms with Crippen molar-refractivity contribution in [2.45, 2.75) is 32.6 Å². The largest absolute Gasteiger partial charge is 0.298 e. The predicted octanol–water partition coefficient (Wildman–Crippen LogP) is 2.89. The average molecular weight is 173 g/mol. The molecule has 0 bridgehead atoms. The van der Waals surface area contributed by atoms with Crippen LogP contribution >= 0.6 is 11.6 Å². The van der Waals surface area contributed by atoms with Crippen molar-refractivity contribution < 1.29 is 4.79 Å². The molecule has 0 aromatic carbocycles. The molecule has 1 rings (SSSR count). The summed E-state index contributed by atoms with van der Waals surface area (Å²) in [7, 11) is 0. The summed E-state index contributed by atoms with van der Waals surface area (Å²) in [5, 5.41) is 0.814. The quantitative estimate of drug-likeness (QED) is 0.586. The van der Waals surface area contributed by atoms with Gasteiger partial charge in [-0.1, -0.05) is 18.5 Å². The minimum Gasteiger partial charge on any atom is -0.298 e. The van der Waals surface area contributed by atoms with E-state index in [1.165, 1.54) is 0 Å². The van der Waals surface area contributed by atoms with Gasteiger partial charge in [-0.3, -0.25) is 4.79 Å². The van der Waals surface area contributed by atoms with Crippen LogP contribution < -0.4 is 0 Å². The highest BCUT2D eigenvalue weighted by molar-refractivity contribution is 6.31. The van der Waals surface area contributed by atoms with E-state index in [-0.39, 0.29) is 0 Å². The molecule has 0 aliphatic heterocycles. The number of aldehydes is 1. The Kier molecular flexibility index (Phi) is 3.13. The van der Waals surface area contributed by atoms with Gasteiger partial charge in [-0.05, 0) is 31.6 Å². The SMILES string of the molecule is CCC1CCCC(C=O)=C1Cl. The number of halogens is 1. The zero-order valence-corrected chi connectivity index (χ0v) is 7.53. The van der Waals surface area contributed by atoms with Crippen LogP contribution in [-0.4, -0.2) is 6.29 Å². The standard InChI is InChI=1S/C9H13ClO/c1-2-7-4-3-5-8(6-11)9(7)10/h6-7H,2-5H2,1H3. The summed E-state index contributed by atoms with van der Waals surface area (Å²) >= 11 is 6.00. The topological polar surface area (TPSA) is 17.1 Å². The number of allylic oxidation sites excluding steroid dienone is 2. The first-order valence-corrected chi connectivity index (χ1v) is 4.51. The molecule has 0 saturated carbocycles. The van der Waals surface area contributed by atoms with Crippen molar-refractivity contribution in [3.8, 4) is 0 Å². The molecule has 0 heterocycles. The average Bonchev–Trinajstić information content (AvgIpc) is 2.05. The maximum Gasteiger partial charge on any atom is 0.147 e. The second-order valence-electron chi connectivity index (χ2n) is 2.99. The summed E-state index contributed by atoms with van der Waals surface area (Å²) in [6.45, 7) is 2.11. The first kappa shape index (κ1) is 8.79. The van der Waals surface area contributed by atoms with Crippen molar-refractivity contribution in [1.29, 1.82) is 0 Å². The lowest BCUT2D eigenvalue weighted by atomic mass is 9.89. The molecule has 0 spiro atoms. The zero-order chi connectivity index (χ0) is 8.27. The fourth-order valence-corrected chi connectivity index (χ4v) is 1.95. The molecule has 1 aliphatic rings. The molecule has 1 atom stereocenters. The van der Waals surface area contributed by atoms with E-state index in [0.717, 1.165) is 42.6 Å². The van der Waals surface area contributed by atoms with Crippen LogP contribution in [0.15, 0.2) is 10.6 Å². The van der Waals surface area contributed by atoms with Gasteiger partial charge in [-0.25, -0.2) is 0 Å². The van der Waals surface area contributed by atoms with E-state index in [9.17, 15) is 4.79 Å². The lowest BCUT2D eigenvalue weighted by molar-refractivity contribution is -0.105. The minimum absolute atomic E-state index is 0.450. The molecule has 1 nitrogen and oxygen atoms in total. The van der Waals surface area contributed by atoms with E-state index in [1.54, 1.807) is 0 Å². The normalized spacial score (nSPS) is 25.5. The third kappa shape index (κ3) is 1.84. The van der Waals surface area contributed by atoms with Gasteiger partial charge in [-0.2, -0.15) is 0 Å². The van der Waals surface area contributed by atoms with E-state index in [0.29, 0.717) is 5.92 Å². The number of carbonyl (C=O) groups is 1. The smallest absolute Gasteiger partial charge is 0.147 e. The summed E-state index contributed by atoms with van der Waals surface area (Å²) < 4.78 is 0. The fraction of sp³-hybridized carbons (Fsp3) is 0.667. The number of hydrogen-bond acceptors (Lipinski definition) is 1. The van der Waals surface area contributed by atoms with E-state index < -0.39 is 0 Å². The Hall–Kier alpha value is -0.300. The lowest BCUT2D eigenvalue weighted by Gasteiger charge is -2.20. The van der Waals surface area contributed by atoms with Crippen molar-refractivity contribution in [3.05, 3.63) is 10.6 Å². The van der Waals surface area contributed by atoms with Crippen LogP contribution in [0.4, 0.5) is 0 Å². The van der Waals surface area contributed by atoms with Gasteiger partial charge < -0.3 is 0 Å². The molecule has 0 radical (unpaired) electrons. The maximum absolute atomic E-state index is 10.5. The van der Waals surface area contributed by atoms with Crippen molar-refractivity contribution in [3.63, 3.8) is 0 Å².